The Kier molecular flexibility index (Phi) is 2.46. The summed E-state index contributed by atoms with van der Waals surface area (Å²) in [6.45, 7) is 0. The molecule has 4 heteroatoms. The van der Waals surface area contributed by atoms with E-state index in [0.717, 1.165) is 17.4 Å². The number of alkyl halides is 1. The standard InChI is InChI=1S/C6H6BrN3/c7-2-1-5-3-6(4-8)10-9-5/h3H,1-2H2,(H,9,10). The molecule has 0 aliphatic rings. The molecule has 0 fully saturated rings. The van der Waals surface area contributed by atoms with E-state index in [1.807, 2.05) is 6.07 Å². The van der Waals surface area contributed by atoms with Crippen LogP contribution < -0.4 is 0 Å². The van der Waals surface area contributed by atoms with Crippen molar-refractivity contribution in [2.45, 2.75) is 6.42 Å². The number of hydrogen-bond acceptors (Lipinski definition) is 2. The molecule has 0 atom stereocenters. The number of nitriles is 1. The van der Waals surface area contributed by atoms with Gasteiger partial charge in [-0.25, -0.2) is 0 Å². The number of nitrogens with one attached hydrogen (secondary N) is 1. The molecule has 10 heavy (non-hydrogen) atoms. The van der Waals surface area contributed by atoms with Crippen LogP contribution in [0.4, 0.5) is 0 Å². The van der Waals surface area contributed by atoms with E-state index < -0.39 is 0 Å². The summed E-state index contributed by atoms with van der Waals surface area (Å²) in [5, 5.41) is 15.8. The third kappa shape index (κ3) is 1.58. The van der Waals surface area contributed by atoms with Crippen LogP contribution in [0, 0.1) is 11.3 Å². The molecule has 0 bridgehead atoms. The van der Waals surface area contributed by atoms with E-state index in [4.69, 9.17) is 5.26 Å². The molecule has 0 radical (unpaired) electrons. The highest BCUT2D eigenvalue weighted by Gasteiger charge is 1.96. The van der Waals surface area contributed by atoms with Gasteiger partial charge in [0.15, 0.2) is 5.69 Å². The van der Waals surface area contributed by atoms with E-state index in [0.29, 0.717) is 5.69 Å². The Hall–Kier alpha value is -0.820. The summed E-state index contributed by atoms with van der Waals surface area (Å²) in [7, 11) is 0. The molecule has 1 N–H and O–H groups in total. The maximum Gasteiger partial charge on any atom is 0.162 e. The van der Waals surface area contributed by atoms with Gasteiger partial charge in [0.25, 0.3) is 0 Å². The Bertz CT molecular complexity index is 248. The van der Waals surface area contributed by atoms with Gasteiger partial charge in [-0.3, -0.25) is 5.10 Å². The predicted molar refractivity (Wildman–Crippen MR) is 40.8 cm³/mol. The van der Waals surface area contributed by atoms with Crippen LogP contribution in [0.15, 0.2) is 6.07 Å². The molecule has 1 heterocycles. The lowest BCUT2D eigenvalue weighted by Crippen LogP contribution is -1.83. The van der Waals surface area contributed by atoms with Crippen LogP contribution in [-0.2, 0) is 6.42 Å². The summed E-state index contributed by atoms with van der Waals surface area (Å²) in [5.41, 5.74) is 1.45. The molecule has 3 nitrogen and oxygen atoms in total. The van der Waals surface area contributed by atoms with E-state index in [-0.39, 0.29) is 0 Å². The van der Waals surface area contributed by atoms with E-state index >= 15 is 0 Å². The Morgan fingerprint density at radius 3 is 3.10 bits per heavy atom. The fraction of sp³-hybridized carbons (Fsp3) is 0.333. The van der Waals surface area contributed by atoms with Crippen molar-refractivity contribution in [1.82, 2.24) is 10.2 Å². The van der Waals surface area contributed by atoms with Gasteiger partial charge in [-0.15, -0.1) is 0 Å². The number of aromatic nitrogens is 2. The van der Waals surface area contributed by atoms with Crippen LogP contribution in [0.2, 0.25) is 0 Å². The maximum absolute atomic E-state index is 8.37. The average Bonchev–Trinajstić information content (AvgIpc) is 2.37. The van der Waals surface area contributed by atoms with Gasteiger partial charge >= 0.3 is 0 Å². The van der Waals surface area contributed by atoms with Gasteiger partial charge in [-0.1, -0.05) is 15.9 Å². The van der Waals surface area contributed by atoms with Gasteiger partial charge in [-0.05, 0) is 12.5 Å². The zero-order chi connectivity index (χ0) is 7.40. The smallest absolute Gasteiger partial charge is 0.162 e. The molecule has 0 saturated carbocycles. The number of H-pyrrole nitrogens is 1. The van der Waals surface area contributed by atoms with Gasteiger partial charge in [0, 0.05) is 11.0 Å². The highest BCUT2D eigenvalue weighted by Crippen LogP contribution is 1.99. The zero-order valence-corrected chi connectivity index (χ0v) is 6.85. The molecule has 0 spiro atoms. The Morgan fingerprint density at radius 1 is 1.80 bits per heavy atom. The van der Waals surface area contributed by atoms with Gasteiger partial charge in [0.05, 0.1) is 0 Å². The molecule has 0 unspecified atom stereocenters. The number of nitrogens with zero attached hydrogens (tertiary/aromatic N) is 2. The lowest BCUT2D eigenvalue weighted by atomic mass is 10.3. The number of aryl methyl sites for hydroxylation is 1. The molecule has 0 aliphatic carbocycles. The summed E-state index contributed by atoms with van der Waals surface area (Å²) >= 11 is 3.29. The van der Waals surface area contributed by atoms with Crippen molar-refractivity contribution in [3.8, 4) is 6.07 Å². The second kappa shape index (κ2) is 3.37. The third-order valence-corrected chi connectivity index (χ3v) is 1.51. The van der Waals surface area contributed by atoms with E-state index in [1.165, 1.54) is 0 Å². The normalized spacial score (nSPS) is 9.20. The SMILES string of the molecule is N#Cc1cc(CCBr)[nH]n1. The maximum atomic E-state index is 8.37. The van der Waals surface area contributed by atoms with Crippen molar-refractivity contribution in [3.63, 3.8) is 0 Å². The molecule has 0 aliphatic heterocycles. The van der Waals surface area contributed by atoms with Crippen LogP contribution in [0.3, 0.4) is 0 Å². The topological polar surface area (TPSA) is 52.5 Å². The first-order chi connectivity index (χ1) is 4.86. The monoisotopic (exact) mass is 199 g/mol. The van der Waals surface area contributed by atoms with Crippen LogP contribution in [-0.4, -0.2) is 15.5 Å². The lowest BCUT2D eigenvalue weighted by molar-refractivity contribution is 0.979. The van der Waals surface area contributed by atoms with Crippen molar-refractivity contribution in [2.24, 2.45) is 0 Å². The van der Waals surface area contributed by atoms with Crippen molar-refractivity contribution >= 4 is 15.9 Å². The number of rotatable bonds is 2. The van der Waals surface area contributed by atoms with E-state index in [2.05, 4.69) is 26.1 Å². The first-order valence-electron chi connectivity index (χ1n) is 2.87. The quantitative estimate of drug-likeness (QED) is 0.729. The van der Waals surface area contributed by atoms with Crippen LogP contribution in [0.25, 0.3) is 0 Å². The summed E-state index contributed by atoms with van der Waals surface area (Å²) in [4.78, 5) is 0. The fourth-order valence-electron chi connectivity index (χ4n) is 0.649. The number of aromatic amines is 1. The second-order valence-corrected chi connectivity index (χ2v) is 2.62. The first kappa shape index (κ1) is 7.29. The van der Waals surface area contributed by atoms with Crippen molar-refractivity contribution in [2.75, 3.05) is 5.33 Å². The highest BCUT2D eigenvalue weighted by molar-refractivity contribution is 9.09. The van der Waals surface area contributed by atoms with Crippen molar-refractivity contribution < 1.29 is 0 Å². The molecule has 0 amide bonds. The van der Waals surface area contributed by atoms with Gasteiger partial charge in [-0.2, -0.15) is 10.4 Å². The summed E-state index contributed by atoms with van der Waals surface area (Å²) in [6, 6.07) is 3.70. The number of halogens is 1. The highest BCUT2D eigenvalue weighted by atomic mass is 79.9. The Labute approximate surface area is 67.2 Å². The van der Waals surface area contributed by atoms with Gasteiger partial charge in [0.1, 0.15) is 6.07 Å². The van der Waals surface area contributed by atoms with E-state index in [1.54, 1.807) is 6.07 Å². The predicted octanol–water partition coefficient (Wildman–Crippen LogP) is 1.22. The van der Waals surface area contributed by atoms with E-state index in [9.17, 15) is 0 Å². The molecular formula is C6H6BrN3. The molecule has 1 rings (SSSR count). The molecule has 52 valence electrons. The molecule has 1 aromatic rings. The van der Waals surface area contributed by atoms with Gasteiger partial charge in [0.2, 0.25) is 0 Å². The second-order valence-electron chi connectivity index (χ2n) is 1.83. The number of hydrogen-bond donors (Lipinski definition) is 1. The Morgan fingerprint density at radius 2 is 2.60 bits per heavy atom. The first-order valence-corrected chi connectivity index (χ1v) is 3.99. The van der Waals surface area contributed by atoms with Crippen LogP contribution >= 0.6 is 15.9 Å². The fourth-order valence-corrected chi connectivity index (χ4v) is 1.08. The van der Waals surface area contributed by atoms with Crippen LogP contribution in [0.1, 0.15) is 11.4 Å². The zero-order valence-electron chi connectivity index (χ0n) is 5.26. The molecule has 0 aromatic carbocycles. The third-order valence-electron chi connectivity index (χ3n) is 1.11. The summed E-state index contributed by atoms with van der Waals surface area (Å²) in [6.07, 6.45) is 0.884. The minimum Gasteiger partial charge on any atom is -0.281 e. The average molecular weight is 200 g/mol. The Balaban J connectivity index is 2.71. The molecular weight excluding hydrogens is 194 g/mol. The molecule has 1 aromatic heterocycles. The van der Waals surface area contributed by atoms with Crippen molar-refractivity contribution in [3.05, 3.63) is 17.5 Å². The summed E-state index contributed by atoms with van der Waals surface area (Å²) < 4.78 is 0. The minimum absolute atomic E-state index is 0.455. The minimum atomic E-state index is 0.455. The van der Waals surface area contributed by atoms with Gasteiger partial charge < -0.3 is 0 Å². The lowest BCUT2D eigenvalue weighted by Gasteiger charge is -1.84. The largest absolute Gasteiger partial charge is 0.281 e. The van der Waals surface area contributed by atoms with Crippen molar-refractivity contribution in [1.29, 1.82) is 5.26 Å². The summed E-state index contributed by atoms with van der Waals surface area (Å²) in [5.74, 6) is 0. The van der Waals surface area contributed by atoms with Crippen LogP contribution in [0.5, 0.6) is 0 Å². The molecule has 0 saturated heterocycles.